The minimum absolute atomic E-state index is 0.0749. The maximum absolute atomic E-state index is 10.1. The summed E-state index contributed by atoms with van der Waals surface area (Å²) in [5, 5.41) is 25.7. The fraction of sp³-hybridized carbons (Fsp3) is 0. The summed E-state index contributed by atoms with van der Waals surface area (Å²) in [4.78, 5) is 0. The van der Waals surface area contributed by atoms with E-state index in [0.717, 1.165) is 0 Å². The third-order valence-electron chi connectivity index (χ3n) is 3.41. The second-order valence-electron chi connectivity index (χ2n) is 4.78. The van der Waals surface area contributed by atoms with Crippen LogP contribution in [0.5, 0.6) is 11.5 Å². The van der Waals surface area contributed by atoms with Crippen LogP contribution in [0.4, 0.5) is 28.4 Å². The number of aromatic hydroxyl groups is 2. The highest BCUT2D eigenvalue weighted by Crippen LogP contribution is 2.37. The van der Waals surface area contributed by atoms with E-state index in [1.165, 1.54) is 0 Å². The van der Waals surface area contributed by atoms with E-state index in [4.69, 9.17) is 17.2 Å². The summed E-state index contributed by atoms with van der Waals surface area (Å²) < 4.78 is 0.531. The first-order valence-electron chi connectivity index (χ1n) is 6.16. The van der Waals surface area contributed by atoms with E-state index < -0.39 is 0 Å². The number of hydrogen-bond acceptors (Lipinski definition) is 6. The molecule has 124 valence electrons. The maximum atomic E-state index is 10.1. The van der Waals surface area contributed by atoms with Crippen LogP contribution in [0.1, 0.15) is 0 Å². The van der Waals surface area contributed by atoms with Gasteiger partial charge in [0.25, 0.3) is 0 Å². The van der Waals surface area contributed by atoms with Crippen molar-refractivity contribution in [3.8, 4) is 11.5 Å². The molecule has 2 rings (SSSR count). The highest BCUT2D eigenvalue weighted by atomic mass is 127. The van der Waals surface area contributed by atoms with Crippen LogP contribution in [-0.4, -0.2) is 10.2 Å². The monoisotopic (exact) mass is 500 g/mol. The van der Waals surface area contributed by atoms with Crippen molar-refractivity contribution in [3.05, 3.63) is 3.57 Å². The topological polar surface area (TPSA) is 131 Å². The van der Waals surface area contributed by atoms with Crippen molar-refractivity contribution in [3.63, 3.8) is 0 Å². The second-order valence-corrected chi connectivity index (χ2v) is 8.17. The average Bonchev–Trinajstić information content (AvgIpc) is 2.54. The summed E-state index contributed by atoms with van der Waals surface area (Å²) in [5.74, 6) is 0.0359. The van der Waals surface area contributed by atoms with Gasteiger partial charge >= 0.3 is 0 Å². The van der Waals surface area contributed by atoms with Gasteiger partial charge in [-0.1, -0.05) is 0 Å². The fourth-order valence-electron chi connectivity index (χ4n) is 1.97. The molecule has 6 nitrogen and oxygen atoms in total. The molecule has 0 spiro atoms. The average molecular weight is 500 g/mol. The Labute approximate surface area is 156 Å². The first-order valence-corrected chi connectivity index (χ1v) is 9.55. The normalized spacial score (nSPS) is 10.8. The lowest BCUT2D eigenvalue weighted by atomic mass is 10.2. The third kappa shape index (κ3) is 3.15. The lowest BCUT2D eigenvalue weighted by Gasteiger charge is -2.21. The molecule has 4 atom stereocenters. The summed E-state index contributed by atoms with van der Waals surface area (Å²) >= 11 is 1.97. The first kappa shape index (κ1) is 19.0. The zero-order valence-corrected chi connectivity index (χ0v) is 18.6. The molecule has 2 aromatic rings. The number of nitrogens with two attached hydrogens (primary N) is 3. The Morgan fingerprint density at radius 2 is 1.13 bits per heavy atom. The minimum atomic E-state index is -0.0749. The molecule has 0 saturated carbocycles. The van der Waals surface area contributed by atoms with Crippen molar-refractivity contribution in [2.24, 2.45) is 0 Å². The number of benzene rings is 2. The Balaban J connectivity index is 2.71. The Kier molecular flexibility index (Phi) is 5.70. The number of phenols is 2. The van der Waals surface area contributed by atoms with Crippen LogP contribution >= 0.6 is 59.6 Å². The second kappa shape index (κ2) is 6.90. The first-order chi connectivity index (χ1) is 10.6. The number of anilines is 5. The van der Waals surface area contributed by atoms with Crippen LogP contribution in [0.3, 0.4) is 0 Å². The summed E-state index contributed by atoms with van der Waals surface area (Å²) in [6.45, 7) is 0. The van der Waals surface area contributed by atoms with Crippen molar-refractivity contribution in [2.75, 3.05) is 22.5 Å². The quantitative estimate of drug-likeness (QED) is 0.115. The molecular weight excluding hydrogens is 483 g/mol. The molecule has 0 aliphatic carbocycles. The molecule has 0 fully saturated rings. The van der Waals surface area contributed by atoms with Gasteiger partial charge in [0.1, 0.15) is 17.2 Å². The van der Waals surface area contributed by atoms with E-state index in [0.29, 0.717) is 41.9 Å². The van der Waals surface area contributed by atoms with E-state index in [2.05, 4.69) is 42.3 Å². The van der Waals surface area contributed by atoms with E-state index in [9.17, 15) is 10.2 Å². The van der Waals surface area contributed by atoms with E-state index in [-0.39, 0.29) is 22.9 Å². The fourth-order valence-corrected chi connectivity index (χ4v) is 4.14. The van der Waals surface area contributed by atoms with E-state index >= 15 is 0 Å². The molecule has 0 aliphatic heterocycles. The van der Waals surface area contributed by atoms with Gasteiger partial charge in [0.2, 0.25) is 0 Å². The highest BCUT2D eigenvalue weighted by Gasteiger charge is 2.21. The standard InChI is InChI=1S/C12H17IN4O2P4/c13-1-2(14)5(9(20)11(22)7(1)18)17-6-3(15)4(16)8(19)12(23)10(6)21/h17-19H,14-16,20-23H2. The third-order valence-corrected chi connectivity index (χ3v) is 7.53. The molecular formula is C12H17IN4O2P4. The van der Waals surface area contributed by atoms with Crippen LogP contribution in [-0.2, 0) is 0 Å². The van der Waals surface area contributed by atoms with Crippen molar-refractivity contribution in [2.45, 2.75) is 0 Å². The molecule has 0 saturated heterocycles. The van der Waals surface area contributed by atoms with Gasteiger partial charge in [0.05, 0.1) is 26.3 Å². The number of nitrogens with one attached hydrogen (secondary N) is 1. The number of nitrogen functional groups attached to an aromatic ring is 3. The van der Waals surface area contributed by atoms with Gasteiger partial charge in [0, 0.05) is 21.2 Å². The smallest absolute Gasteiger partial charge is 0.148 e. The van der Waals surface area contributed by atoms with Crippen molar-refractivity contribution >= 4 is 109 Å². The van der Waals surface area contributed by atoms with Crippen LogP contribution in [0.15, 0.2) is 0 Å². The summed E-state index contributed by atoms with van der Waals surface area (Å²) in [7, 11) is 9.95. The molecule has 4 unspecified atom stereocenters. The molecule has 0 aliphatic rings. The van der Waals surface area contributed by atoms with Gasteiger partial charge in [-0.2, -0.15) is 0 Å². The Hall–Kier alpha value is -0.310. The Bertz CT molecular complexity index is 706. The van der Waals surface area contributed by atoms with Gasteiger partial charge in [0.15, 0.2) is 0 Å². The lowest BCUT2D eigenvalue weighted by molar-refractivity contribution is 0.477. The minimum Gasteiger partial charge on any atom is -0.506 e. The SMILES string of the molecule is Nc1c(N)c(Nc2c(N)c(I)c(O)c(P)c2P)c(P)c(P)c1O. The maximum Gasteiger partial charge on any atom is 0.148 e. The summed E-state index contributed by atoms with van der Waals surface area (Å²) in [5.41, 5.74) is 19.8. The van der Waals surface area contributed by atoms with E-state index in [1.807, 2.05) is 22.6 Å². The van der Waals surface area contributed by atoms with Crippen LogP contribution in [0.25, 0.3) is 0 Å². The molecule has 2 aromatic carbocycles. The largest absolute Gasteiger partial charge is 0.506 e. The van der Waals surface area contributed by atoms with Gasteiger partial charge in [-0.25, -0.2) is 0 Å². The van der Waals surface area contributed by atoms with Crippen LogP contribution in [0.2, 0.25) is 0 Å². The molecule has 0 radical (unpaired) electrons. The molecule has 23 heavy (non-hydrogen) atoms. The molecule has 0 bridgehead atoms. The van der Waals surface area contributed by atoms with Gasteiger partial charge in [-0.05, 0) is 22.6 Å². The van der Waals surface area contributed by atoms with Crippen molar-refractivity contribution in [1.29, 1.82) is 0 Å². The van der Waals surface area contributed by atoms with Crippen LogP contribution in [0, 0.1) is 3.57 Å². The molecule has 0 aromatic heterocycles. The van der Waals surface area contributed by atoms with Gasteiger partial charge < -0.3 is 32.7 Å². The predicted molar refractivity (Wildman–Crippen MR) is 123 cm³/mol. The predicted octanol–water partition coefficient (Wildman–Crippen LogP) is 0.194. The number of halogens is 1. The Morgan fingerprint density at radius 1 is 0.696 bits per heavy atom. The molecule has 9 N–H and O–H groups in total. The van der Waals surface area contributed by atoms with Gasteiger partial charge in [-0.3, -0.25) is 0 Å². The highest BCUT2D eigenvalue weighted by molar-refractivity contribution is 14.1. The lowest BCUT2D eigenvalue weighted by Crippen LogP contribution is -2.24. The van der Waals surface area contributed by atoms with Crippen molar-refractivity contribution < 1.29 is 10.2 Å². The zero-order chi connectivity index (χ0) is 17.6. The number of rotatable bonds is 2. The molecule has 0 heterocycles. The number of phenolic OH excluding ortho intramolecular Hbond substituents is 2. The molecule has 11 heteroatoms. The van der Waals surface area contributed by atoms with E-state index in [1.54, 1.807) is 0 Å². The molecule has 0 amide bonds. The van der Waals surface area contributed by atoms with Crippen LogP contribution < -0.4 is 43.7 Å². The van der Waals surface area contributed by atoms with Gasteiger partial charge in [-0.15, -0.1) is 37.0 Å². The summed E-state index contributed by atoms with van der Waals surface area (Å²) in [6, 6.07) is 0. The summed E-state index contributed by atoms with van der Waals surface area (Å²) in [6.07, 6.45) is 0. The van der Waals surface area contributed by atoms with Crippen molar-refractivity contribution in [1.82, 2.24) is 0 Å². The Morgan fingerprint density at radius 3 is 1.65 bits per heavy atom. The zero-order valence-electron chi connectivity index (χ0n) is 11.8. The number of hydrogen-bond donors (Lipinski definition) is 6.